The number of benzene rings is 2. The summed E-state index contributed by atoms with van der Waals surface area (Å²) in [6.07, 6.45) is -5.87. The predicted octanol–water partition coefficient (Wildman–Crippen LogP) is 5.12. The number of hydrogen-bond donors (Lipinski definition) is 5. The summed E-state index contributed by atoms with van der Waals surface area (Å²) in [5.74, 6) is -3.05. The summed E-state index contributed by atoms with van der Waals surface area (Å²) in [5.41, 5.74) is 6.53. The Hall–Kier alpha value is -5.29. The van der Waals surface area contributed by atoms with Gasteiger partial charge < -0.3 is 35.6 Å². The zero-order chi connectivity index (χ0) is 36.1. The van der Waals surface area contributed by atoms with Gasteiger partial charge in [0.25, 0.3) is 5.91 Å². The van der Waals surface area contributed by atoms with Gasteiger partial charge in [-0.3, -0.25) is 10.2 Å². The van der Waals surface area contributed by atoms with Crippen LogP contribution in [0.2, 0.25) is 0 Å². The van der Waals surface area contributed by atoms with Crippen LogP contribution in [0.4, 0.5) is 32.2 Å². The van der Waals surface area contributed by atoms with Crippen LogP contribution in [0.25, 0.3) is 10.8 Å². The van der Waals surface area contributed by atoms with Gasteiger partial charge in [0.1, 0.15) is 23.4 Å². The number of ether oxygens (including phenoxy) is 2. The SMILES string of the molecule is CC(=N)N1CCC(Oc2ccc(C(=O)NCCCOc3ccc4ccnc(N)c4c3)cc2)CC1.O=C(O)C(F)(F)F.O=C(O)C(F)(F)F. The Kier molecular flexibility index (Phi) is 14.2. The van der Waals surface area contributed by atoms with Crippen LogP contribution in [0.3, 0.4) is 0 Å². The van der Waals surface area contributed by atoms with Crippen LogP contribution in [-0.4, -0.2) is 88.5 Å². The number of hydrogen-bond acceptors (Lipinski definition) is 8. The Bertz CT molecular complexity index is 1520. The first-order valence-electron chi connectivity index (χ1n) is 14.1. The highest BCUT2D eigenvalue weighted by molar-refractivity contribution is 5.94. The molecule has 12 nitrogen and oxygen atoms in total. The molecule has 262 valence electrons. The molecule has 0 aliphatic carbocycles. The van der Waals surface area contributed by atoms with Gasteiger partial charge >= 0.3 is 24.3 Å². The lowest BCUT2D eigenvalue weighted by Gasteiger charge is -2.32. The van der Waals surface area contributed by atoms with E-state index in [1.165, 1.54) is 0 Å². The number of carbonyl (C=O) groups excluding carboxylic acids is 1. The molecule has 2 heterocycles. The number of carboxylic acids is 2. The third-order valence-corrected chi connectivity index (χ3v) is 6.46. The Morgan fingerprint density at radius 3 is 2.02 bits per heavy atom. The van der Waals surface area contributed by atoms with Crippen molar-refractivity contribution in [3.63, 3.8) is 0 Å². The molecule has 4 rings (SSSR count). The second-order valence-electron chi connectivity index (χ2n) is 10.1. The van der Waals surface area contributed by atoms with Gasteiger partial charge in [0, 0.05) is 49.6 Å². The van der Waals surface area contributed by atoms with Crippen LogP contribution in [0.5, 0.6) is 11.5 Å². The standard InChI is InChI=1S/C26H31N5O3.2C2HF3O2/c1-18(27)31-14-10-22(11-15-31)34-21-6-4-20(5-7-21)26(32)30-12-2-16-33-23-8-3-19-9-13-29-25(28)24(19)17-23;2*3-2(4,5)1(6)7/h3-9,13,17,22,27H,2,10-12,14-16H2,1H3,(H2,28,29)(H,30,32);2*(H,6,7). The van der Waals surface area contributed by atoms with Gasteiger partial charge in [-0.05, 0) is 61.2 Å². The smallest absolute Gasteiger partial charge is 0.490 e. The molecule has 0 saturated carbocycles. The fourth-order valence-electron chi connectivity index (χ4n) is 4.01. The highest BCUT2D eigenvalue weighted by atomic mass is 19.4. The number of piperidine rings is 1. The van der Waals surface area contributed by atoms with Gasteiger partial charge in [0.05, 0.1) is 12.4 Å². The van der Waals surface area contributed by atoms with Crippen molar-refractivity contribution in [2.75, 3.05) is 32.0 Å². The maximum Gasteiger partial charge on any atom is 0.490 e. The second kappa shape index (κ2) is 17.6. The lowest BCUT2D eigenvalue weighted by atomic mass is 10.1. The molecular formula is C30H33F6N5O7. The third kappa shape index (κ3) is 13.2. The van der Waals surface area contributed by atoms with Crippen molar-refractivity contribution >= 4 is 40.3 Å². The monoisotopic (exact) mass is 689 g/mol. The number of carboxylic acid groups (broad SMARTS) is 2. The molecule has 1 saturated heterocycles. The number of rotatable bonds is 8. The van der Waals surface area contributed by atoms with E-state index >= 15 is 0 Å². The first-order valence-corrected chi connectivity index (χ1v) is 14.1. The molecule has 1 aliphatic rings. The number of aromatic nitrogens is 1. The molecule has 0 unspecified atom stereocenters. The van der Waals surface area contributed by atoms with Crippen molar-refractivity contribution in [2.45, 2.75) is 44.6 Å². The number of amides is 1. The minimum absolute atomic E-state index is 0.120. The zero-order valence-electron chi connectivity index (χ0n) is 25.4. The first-order chi connectivity index (χ1) is 22.4. The number of nitrogens with one attached hydrogen (secondary N) is 2. The quantitative estimate of drug-likeness (QED) is 0.0919. The number of nitrogens with two attached hydrogens (primary N) is 1. The average molecular weight is 690 g/mol. The van der Waals surface area contributed by atoms with E-state index in [9.17, 15) is 31.1 Å². The van der Waals surface area contributed by atoms with Crippen LogP contribution < -0.4 is 20.5 Å². The van der Waals surface area contributed by atoms with E-state index in [1.807, 2.05) is 43.3 Å². The molecule has 0 atom stereocenters. The summed E-state index contributed by atoms with van der Waals surface area (Å²) >= 11 is 0. The highest BCUT2D eigenvalue weighted by Gasteiger charge is 2.38. The lowest BCUT2D eigenvalue weighted by Crippen LogP contribution is -2.40. The number of aliphatic carboxylic acids is 2. The van der Waals surface area contributed by atoms with Gasteiger partial charge in [-0.25, -0.2) is 14.6 Å². The fourth-order valence-corrected chi connectivity index (χ4v) is 4.01. The molecule has 0 radical (unpaired) electrons. The van der Waals surface area contributed by atoms with Crippen molar-refractivity contribution in [2.24, 2.45) is 0 Å². The number of nitrogen functional groups attached to an aromatic ring is 1. The molecule has 0 spiro atoms. The van der Waals surface area contributed by atoms with E-state index < -0.39 is 24.3 Å². The van der Waals surface area contributed by atoms with Gasteiger partial charge in [0.15, 0.2) is 0 Å². The molecule has 6 N–H and O–H groups in total. The number of amidine groups is 1. The largest absolute Gasteiger partial charge is 0.494 e. The number of alkyl halides is 6. The summed E-state index contributed by atoms with van der Waals surface area (Å²) in [6.45, 7) is 4.50. The molecule has 1 aromatic heterocycles. The number of pyridine rings is 1. The Morgan fingerprint density at radius 2 is 1.50 bits per heavy atom. The third-order valence-electron chi connectivity index (χ3n) is 6.46. The number of carbonyl (C=O) groups is 3. The van der Waals surface area contributed by atoms with E-state index in [1.54, 1.807) is 18.3 Å². The molecule has 18 heteroatoms. The van der Waals surface area contributed by atoms with Crippen molar-refractivity contribution < 1.29 is 60.4 Å². The Balaban J connectivity index is 0.000000479. The van der Waals surface area contributed by atoms with Crippen LogP contribution in [0.1, 0.15) is 36.5 Å². The summed E-state index contributed by atoms with van der Waals surface area (Å²) in [4.78, 5) is 36.4. The van der Waals surface area contributed by atoms with Crippen LogP contribution in [0.15, 0.2) is 54.7 Å². The molecule has 1 amide bonds. The van der Waals surface area contributed by atoms with Crippen LogP contribution in [0, 0.1) is 5.41 Å². The molecule has 3 aromatic rings. The van der Waals surface area contributed by atoms with E-state index in [4.69, 9.17) is 40.4 Å². The molecule has 2 aromatic carbocycles. The molecule has 1 fully saturated rings. The number of halogens is 6. The number of anilines is 1. The number of likely N-dealkylation sites (tertiary alicyclic amines) is 1. The lowest BCUT2D eigenvalue weighted by molar-refractivity contribution is -0.193. The fraction of sp³-hybridized carbons (Fsp3) is 0.367. The maximum atomic E-state index is 12.4. The van der Waals surface area contributed by atoms with Gasteiger partial charge in [0.2, 0.25) is 0 Å². The summed E-state index contributed by atoms with van der Waals surface area (Å²) in [5, 5.41) is 26.8. The van der Waals surface area contributed by atoms with E-state index in [-0.39, 0.29) is 12.0 Å². The normalized spacial score (nSPS) is 13.3. The molecule has 48 heavy (non-hydrogen) atoms. The van der Waals surface area contributed by atoms with Gasteiger partial charge in [-0.1, -0.05) is 6.07 Å². The molecule has 1 aliphatic heterocycles. The highest BCUT2D eigenvalue weighted by Crippen LogP contribution is 2.24. The van der Waals surface area contributed by atoms with E-state index in [0.717, 1.165) is 48.2 Å². The first kappa shape index (κ1) is 38.9. The topological polar surface area (TPSA) is 188 Å². The minimum Gasteiger partial charge on any atom is -0.494 e. The van der Waals surface area contributed by atoms with Crippen molar-refractivity contribution in [1.82, 2.24) is 15.2 Å². The maximum absolute atomic E-state index is 12.4. The van der Waals surface area contributed by atoms with E-state index in [2.05, 4.69) is 15.2 Å². The van der Waals surface area contributed by atoms with Gasteiger partial charge in [-0.2, -0.15) is 26.3 Å². The molecule has 0 bridgehead atoms. The summed E-state index contributed by atoms with van der Waals surface area (Å²) in [6, 6.07) is 14.9. The predicted molar refractivity (Wildman–Crippen MR) is 161 cm³/mol. The van der Waals surface area contributed by atoms with Crippen molar-refractivity contribution in [1.29, 1.82) is 5.41 Å². The number of nitrogens with zero attached hydrogens (tertiary/aromatic N) is 2. The van der Waals surface area contributed by atoms with Crippen molar-refractivity contribution in [3.05, 3.63) is 60.3 Å². The average Bonchev–Trinajstić information content (AvgIpc) is 3.01. The summed E-state index contributed by atoms with van der Waals surface area (Å²) < 4.78 is 75.3. The minimum atomic E-state index is -5.08. The zero-order valence-corrected chi connectivity index (χ0v) is 25.4. The van der Waals surface area contributed by atoms with E-state index in [0.29, 0.717) is 36.8 Å². The van der Waals surface area contributed by atoms with Crippen LogP contribution in [-0.2, 0) is 9.59 Å². The van der Waals surface area contributed by atoms with Gasteiger partial charge in [-0.15, -0.1) is 0 Å². The second-order valence-corrected chi connectivity index (χ2v) is 10.1. The van der Waals surface area contributed by atoms with Crippen LogP contribution >= 0.6 is 0 Å². The Labute approximate surface area is 269 Å². The number of fused-ring (bicyclic) bond motifs is 1. The molecular weight excluding hydrogens is 656 g/mol. The van der Waals surface area contributed by atoms with Crippen molar-refractivity contribution in [3.8, 4) is 11.5 Å². The Morgan fingerprint density at radius 1 is 0.958 bits per heavy atom. The summed E-state index contributed by atoms with van der Waals surface area (Å²) in [7, 11) is 0.